The lowest BCUT2D eigenvalue weighted by Crippen LogP contribution is -2.21. The number of benzene rings is 1. The molecule has 1 unspecified atom stereocenters. The first-order valence-electron chi connectivity index (χ1n) is 4.70. The highest BCUT2D eigenvalue weighted by atomic mass is 16.4. The van der Waals surface area contributed by atoms with Gasteiger partial charge in [0.25, 0.3) is 0 Å². The van der Waals surface area contributed by atoms with E-state index in [0.717, 1.165) is 5.56 Å². The van der Waals surface area contributed by atoms with Crippen LogP contribution in [0.5, 0.6) is 0 Å². The molecule has 0 heterocycles. The molecule has 78 valence electrons. The lowest BCUT2D eigenvalue weighted by atomic mass is 9.90. The van der Waals surface area contributed by atoms with Crippen LogP contribution in [0.25, 0.3) is 6.08 Å². The van der Waals surface area contributed by atoms with Gasteiger partial charge in [0.1, 0.15) is 5.41 Å². The van der Waals surface area contributed by atoms with E-state index in [2.05, 4.69) is 6.58 Å². The van der Waals surface area contributed by atoms with E-state index in [4.69, 9.17) is 5.11 Å². The monoisotopic (exact) mass is 202 g/mol. The van der Waals surface area contributed by atoms with E-state index in [1.807, 2.05) is 30.3 Å². The second-order valence-electron chi connectivity index (χ2n) is 3.54. The van der Waals surface area contributed by atoms with Crippen LogP contribution in [0.15, 0.2) is 49.1 Å². The van der Waals surface area contributed by atoms with Crippen LogP contribution >= 0.6 is 0 Å². The molecule has 1 aromatic carbocycles. The molecule has 0 aliphatic carbocycles. The van der Waals surface area contributed by atoms with Crippen molar-refractivity contribution in [2.45, 2.75) is 6.92 Å². The second-order valence-corrected chi connectivity index (χ2v) is 3.54. The largest absolute Gasteiger partial charge is 0.480 e. The van der Waals surface area contributed by atoms with Gasteiger partial charge in [-0.05, 0) is 12.5 Å². The van der Waals surface area contributed by atoms with Crippen molar-refractivity contribution in [3.8, 4) is 0 Å². The van der Waals surface area contributed by atoms with Gasteiger partial charge in [-0.15, -0.1) is 6.58 Å². The van der Waals surface area contributed by atoms with Crippen molar-refractivity contribution in [2.24, 2.45) is 5.41 Å². The average Bonchev–Trinajstić information content (AvgIpc) is 2.27. The Labute approximate surface area is 89.6 Å². The molecule has 0 saturated carbocycles. The maximum atomic E-state index is 11.0. The molecule has 0 radical (unpaired) electrons. The van der Waals surface area contributed by atoms with Crippen molar-refractivity contribution in [1.29, 1.82) is 0 Å². The highest BCUT2D eigenvalue weighted by Gasteiger charge is 2.25. The Morgan fingerprint density at radius 3 is 2.47 bits per heavy atom. The topological polar surface area (TPSA) is 37.3 Å². The van der Waals surface area contributed by atoms with E-state index in [9.17, 15) is 4.79 Å². The van der Waals surface area contributed by atoms with Gasteiger partial charge in [0.05, 0.1) is 0 Å². The van der Waals surface area contributed by atoms with Gasteiger partial charge in [0, 0.05) is 0 Å². The molecule has 1 rings (SSSR count). The van der Waals surface area contributed by atoms with E-state index < -0.39 is 11.4 Å². The van der Waals surface area contributed by atoms with E-state index in [1.54, 1.807) is 19.1 Å². The summed E-state index contributed by atoms with van der Waals surface area (Å²) in [4.78, 5) is 11.0. The third-order valence-corrected chi connectivity index (χ3v) is 2.31. The number of aliphatic carboxylic acids is 1. The molecule has 0 bridgehead atoms. The van der Waals surface area contributed by atoms with E-state index in [-0.39, 0.29) is 0 Å². The first kappa shape index (κ1) is 11.2. The smallest absolute Gasteiger partial charge is 0.317 e. The molecule has 0 aliphatic heterocycles. The first-order valence-corrected chi connectivity index (χ1v) is 4.70. The molecule has 2 nitrogen and oxygen atoms in total. The summed E-state index contributed by atoms with van der Waals surface area (Å²) in [6, 6.07) is 9.57. The molecule has 15 heavy (non-hydrogen) atoms. The maximum Gasteiger partial charge on any atom is 0.317 e. The Hall–Kier alpha value is -1.83. The molecule has 0 amide bonds. The van der Waals surface area contributed by atoms with Crippen molar-refractivity contribution in [1.82, 2.24) is 0 Å². The number of carboxylic acid groups (broad SMARTS) is 1. The molecule has 0 spiro atoms. The van der Waals surface area contributed by atoms with Crippen LogP contribution in [-0.2, 0) is 4.79 Å². The number of rotatable bonds is 4. The summed E-state index contributed by atoms with van der Waals surface area (Å²) in [5.41, 5.74) is -0.0256. The van der Waals surface area contributed by atoms with Crippen molar-refractivity contribution < 1.29 is 9.90 Å². The Morgan fingerprint density at radius 1 is 1.40 bits per heavy atom. The van der Waals surface area contributed by atoms with Crippen LogP contribution in [0.1, 0.15) is 12.5 Å². The Bertz CT molecular complexity index is 379. The number of carbonyl (C=O) groups is 1. The SMILES string of the molecule is C=CC(C)(/C=C/c1ccccc1)C(=O)O. The highest BCUT2D eigenvalue weighted by Crippen LogP contribution is 2.21. The fraction of sp³-hybridized carbons (Fsp3) is 0.154. The summed E-state index contributed by atoms with van der Waals surface area (Å²) in [6.07, 6.45) is 4.85. The second kappa shape index (κ2) is 4.60. The van der Waals surface area contributed by atoms with Gasteiger partial charge in [-0.1, -0.05) is 48.6 Å². The van der Waals surface area contributed by atoms with Gasteiger partial charge < -0.3 is 5.11 Å². The van der Waals surface area contributed by atoms with Gasteiger partial charge in [-0.25, -0.2) is 0 Å². The maximum absolute atomic E-state index is 11.0. The minimum absolute atomic E-state index is 0.898. The van der Waals surface area contributed by atoms with E-state index in [0.29, 0.717) is 0 Å². The quantitative estimate of drug-likeness (QED) is 0.762. The van der Waals surface area contributed by atoms with Crippen LogP contribution in [-0.4, -0.2) is 11.1 Å². The zero-order chi connectivity index (χ0) is 11.3. The summed E-state index contributed by atoms with van der Waals surface area (Å²) in [5.74, 6) is -0.898. The molecule has 0 fully saturated rings. The minimum Gasteiger partial charge on any atom is -0.480 e. The number of hydrogen-bond donors (Lipinski definition) is 1. The zero-order valence-corrected chi connectivity index (χ0v) is 8.68. The van der Waals surface area contributed by atoms with Crippen molar-refractivity contribution in [2.75, 3.05) is 0 Å². The Balaban J connectivity index is 2.89. The molecule has 2 heteroatoms. The van der Waals surface area contributed by atoms with Gasteiger partial charge in [-0.2, -0.15) is 0 Å². The zero-order valence-electron chi connectivity index (χ0n) is 8.68. The molecule has 1 atom stereocenters. The van der Waals surface area contributed by atoms with Crippen molar-refractivity contribution in [3.63, 3.8) is 0 Å². The molecular formula is C13H14O2. The standard InChI is InChI=1S/C13H14O2/c1-3-13(2,12(14)15)10-9-11-7-5-4-6-8-11/h3-10H,1H2,2H3,(H,14,15)/b10-9+. The van der Waals surface area contributed by atoms with Gasteiger partial charge in [-0.3, -0.25) is 4.79 Å². The molecule has 0 aromatic heterocycles. The highest BCUT2D eigenvalue weighted by molar-refractivity contribution is 5.80. The molecule has 1 N–H and O–H groups in total. The van der Waals surface area contributed by atoms with Crippen LogP contribution in [0.2, 0.25) is 0 Å². The van der Waals surface area contributed by atoms with Gasteiger partial charge in [0.2, 0.25) is 0 Å². The molecule has 0 saturated heterocycles. The summed E-state index contributed by atoms with van der Waals surface area (Å²) in [5, 5.41) is 8.99. The summed E-state index contributed by atoms with van der Waals surface area (Å²) < 4.78 is 0. The molecule has 0 aliphatic rings. The third kappa shape index (κ3) is 2.81. The Morgan fingerprint density at radius 2 is 2.00 bits per heavy atom. The van der Waals surface area contributed by atoms with Crippen LogP contribution in [0.3, 0.4) is 0 Å². The third-order valence-electron chi connectivity index (χ3n) is 2.31. The van der Waals surface area contributed by atoms with Crippen LogP contribution in [0, 0.1) is 5.41 Å². The molecular weight excluding hydrogens is 188 g/mol. The van der Waals surface area contributed by atoms with Crippen LogP contribution < -0.4 is 0 Å². The minimum atomic E-state index is -1.00. The fourth-order valence-electron chi connectivity index (χ4n) is 1.06. The summed E-state index contributed by atoms with van der Waals surface area (Å²) >= 11 is 0. The van der Waals surface area contributed by atoms with E-state index in [1.165, 1.54) is 6.08 Å². The van der Waals surface area contributed by atoms with E-state index >= 15 is 0 Å². The first-order chi connectivity index (χ1) is 7.08. The summed E-state index contributed by atoms with van der Waals surface area (Å²) in [6.45, 7) is 5.15. The van der Waals surface area contributed by atoms with Crippen LogP contribution in [0.4, 0.5) is 0 Å². The lowest BCUT2D eigenvalue weighted by Gasteiger charge is -2.14. The average molecular weight is 202 g/mol. The van der Waals surface area contributed by atoms with Crippen molar-refractivity contribution >= 4 is 12.0 Å². The Kier molecular flexibility index (Phi) is 3.45. The summed E-state index contributed by atoms with van der Waals surface area (Å²) in [7, 11) is 0. The normalized spacial score (nSPS) is 14.7. The predicted octanol–water partition coefficient (Wildman–Crippen LogP) is 2.98. The number of hydrogen-bond acceptors (Lipinski definition) is 1. The lowest BCUT2D eigenvalue weighted by molar-refractivity contribution is -0.142. The predicted molar refractivity (Wildman–Crippen MR) is 61.4 cm³/mol. The van der Waals surface area contributed by atoms with Crippen molar-refractivity contribution in [3.05, 3.63) is 54.6 Å². The molecule has 1 aromatic rings. The fourth-order valence-corrected chi connectivity index (χ4v) is 1.06. The van der Waals surface area contributed by atoms with Gasteiger partial charge >= 0.3 is 5.97 Å². The number of carboxylic acids is 1. The van der Waals surface area contributed by atoms with Gasteiger partial charge in [0.15, 0.2) is 0 Å².